The van der Waals surface area contributed by atoms with Crippen molar-refractivity contribution < 1.29 is 18.6 Å². The third-order valence-corrected chi connectivity index (χ3v) is 5.64. The van der Waals surface area contributed by atoms with Crippen LogP contribution in [0.2, 0.25) is 0 Å². The van der Waals surface area contributed by atoms with Crippen molar-refractivity contribution in [3.8, 4) is 11.5 Å². The quantitative estimate of drug-likeness (QED) is 0.263. The van der Waals surface area contributed by atoms with Crippen molar-refractivity contribution in [3.63, 3.8) is 0 Å². The van der Waals surface area contributed by atoms with Crippen molar-refractivity contribution in [1.82, 2.24) is 0 Å². The van der Waals surface area contributed by atoms with Crippen molar-refractivity contribution in [1.29, 1.82) is 0 Å². The molecular formula is C25H27FO3S. The Balaban J connectivity index is 1.58. The summed E-state index contributed by atoms with van der Waals surface area (Å²) in [5.41, 5.74) is 1.93. The Bertz CT molecular complexity index is 927. The summed E-state index contributed by atoms with van der Waals surface area (Å²) in [5, 5.41) is 0. The molecule has 0 spiro atoms. The zero-order valence-corrected chi connectivity index (χ0v) is 18.4. The summed E-state index contributed by atoms with van der Waals surface area (Å²) < 4.78 is 30.9. The molecule has 30 heavy (non-hydrogen) atoms. The Hall–Kier alpha value is -2.34. The van der Waals surface area contributed by atoms with Gasteiger partial charge in [0.05, 0.1) is 19.2 Å². The van der Waals surface area contributed by atoms with Gasteiger partial charge < -0.3 is 14.2 Å². The summed E-state index contributed by atoms with van der Waals surface area (Å²) in [6.07, 6.45) is 0. The summed E-state index contributed by atoms with van der Waals surface area (Å²) in [5.74, 6) is 1.04. The third-order valence-electron chi connectivity index (χ3n) is 4.68. The van der Waals surface area contributed by atoms with Crippen molar-refractivity contribution >= 4 is 11.8 Å². The van der Waals surface area contributed by atoms with Crippen LogP contribution < -0.4 is 4.74 Å². The molecule has 0 unspecified atom stereocenters. The maximum absolute atomic E-state index is 14.1. The lowest BCUT2D eigenvalue weighted by atomic mass is 9.86. The van der Waals surface area contributed by atoms with E-state index >= 15 is 0 Å². The summed E-state index contributed by atoms with van der Waals surface area (Å²) in [6, 6.07) is 22.5. The van der Waals surface area contributed by atoms with Crippen molar-refractivity contribution in [2.75, 3.05) is 19.7 Å². The number of ether oxygens (including phenoxy) is 3. The summed E-state index contributed by atoms with van der Waals surface area (Å²) in [6.45, 7) is 5.23. The molecule has 0 heterocycles. The largest absolute Gasteiger partial charge is 0.454 e. The molecule has 0 aliphatic carbocycles. The molecule has 0 aliphatic rings. The zero-order chi connectivity index (χ0) is 21.4. The minimum atomic E-state index is -0.394. The van der Waals surface area contributed by atoms with Gasteiger partial charge in [0.25, 0.3) is 0 Å². The van der Waals surface area contributed by atoms with E-state index in [1.165, 1.54) is 16.5 Å². The molecule has 3 rings (SSSR count). The average molecular weight is 427 g/mol. The predicted octanol–water partition coefficient (Wildman–Crippen LogP) is 6.81. The molecular weight excluding hydrogens is 399 g/mol. The average Bonchev–Trinajstić information content (AvgIpc) is 2.75. The number of rotatable bonds is 10. The highest BCUT2D eigenvalue weighted by molar-refractivity contribution is 7.99. The molecule has 3 nitrogen and oxygen atoms in total. The molecule has 0 atom stereocenters. The summed E-state index contributed by atoms with van der Waals surface area (Å²) >= 11 is 1.66. The van der Waals surface area contributed by atoms with Crippen molar-refractivity contribution in [2.45, 2.75) is 30.8 Å². The molecule has 158 valence electrons. The first kappa shape index (κ1) is 22.3. The Kier molecular flexibility index (Phi) is 7.91. The highest BCUT2D eigenvalue weighted by Crippen LogP contribution is 2.28. The van der Waals surface area contributed by atoms with Gasteiger partial charge in [-0.15, -0.1) is 0 Å². The molecule has 5 heteroatoms. The van der Waals surface area contributed by atoms with Gasteiger partial charge in [0, 0.05) is 17.4 Å². The smallest absolute Gasteiger partial charge is 0.165 e. The van der Waals surface area contributed by atoms with E-state index in [9.17, 15) is 4.39 Å². The molecule has 0 aromatic heterocycles. The maximum Gasteiger partial charge on any atom is 0.165 e. The lowest BCUT2D eigenvalue weighted by molar-refractivity contribution is 0.0823. The van der Waals surface area contributed by atoms with Crippen LogP contribution in [0, 0.1) is 5.82 Å². The number of hydrogen-bond donors (Lipinski definition) is 0. The first-order valence-electron chi connectivity index (χ1n) is 9.79. The lowest BCUT2D eigenvalue weighted by Gasteiger charge is -2.25. The minimum Gasteiger partial charge on any atom is -0.454 e. The van der Waals surface area contributed by atoms with E-state index in [4.69, 9.17) is 14.2 Å². The van der Waals surface area contributed by atoms with Gasteiger partial charge in [-0.3, -0.25) is 0 Å². The predicted molar refractivity (Wildman–Crippen MR) is 120 cm³/mol. The number of halogens is 1. The van der Waals surface area contributed by atoms with E-state index in [0.717, 1.165) is 5.56 Å². The number of thioether (sulfide) groups is 1. The second kappa shape index (κ2) is 10.6. The van der Waals surface area contributed by atoms with Crippen LogP contribution in [0.25, 0.3) is 0 Å². The SMILES string of the molecule is COCSc1ccc(C(C)(C)COCc2ccc(F)c(Oc3ccccc3)c2)cc1. The Morgan fingerprint density at radius 2 is 1.67 bits per heavy atom. The van der Waals surface area contributed by atoms with Crippen LogP contribution >= 0.6 is 11.8 Å². The van der Waals surface area contributed by atoms with E-state index in [2.05, 4.69) is 38.1 Å². The number of methoxy groups -OCH3 is 1. The monoisotopic (exact) mass is 426 g/mol. The number of hydrogen-bond acceptors (Lipinski definition) is 4. The fourth-order valence-corrected chi connectivity index (χ4v) is 3.55. The first-order valence-corrected chi connectivity index (χ1v) is 10.8. The summed E-state index contributed by atoms with van der Waals surface area (Å²) in [4.78, 5) is 1.18. The highest BCUT2D eigenvalue weighted by Gasteiger charge is 2.21. The second-order valence-electron chi connectivity index (χ2n) is 7.63. The van der Waals surface area contributed by atoms with Gasteiger partial charge in [0.15, 0.2) is 11.6 Å². The fraction of sp³-hybridized carbons (Fsp3) is 0.280. The van der Waals surface area contributed by atoms with Gasteiger partial charge >= 0.3 is 0 Å². The van der Waals surface area contributed by atoms with E-state index in [-0.39, 0.29) is 11.2 Å². The highest BCUT2D eigenvalue weighted by atomic mass is 32.2. The number of benzene rings is 3. The van der Waals surface area contributed by atoms with Gasteiger partial charge in [-0.1, -0.05) is 62.0 Å². The van der Waals surface area contributed by atoms with Gasteiger partial charge in [0.2, 0.25) is 0 Å². The van der Waals surface area contributed by atoms with Crippen LogP contribution in [0.1, 0.15) is 25.0 Å². The Labute approximate surface area is 182 Å². The minimum absolute atomic E-state index is 0.145. The van der Waals surface area contributed by atoms with Gasteiger partial charge in [0.1, 0.15) is 5.75 Å². The fourth-order valence-electron chi connectivity index (χ4n) is 2.97. The molecule has 0 amide bonds. The standard InChI is InChI=1S/C25H27FO3S/c1-25(2,20-10-12-22(13-11-20)30-18-27-3)17-28-16-19-9-14-23(26)24(15-19)29-21-7-5-4-6-8-21/h4-15H,16-18H2,1-3H3. The van der Waals surface area contributed by atoms with Crippen LogP contribution in [-0.4, -0.2) is 19.7 Å². The first-order chi connectivity index (χ1) is 14.5. The van der Waals surface area contributed by atoms with Crippen LogP contribution in [0.15, 0.2) is 77.7 Å². The summed E-state index contributed by atoms with van der Waals surface area (Å²) in [7, 11) is 1.69. The second-order valence-corrected chi connectivity index (χ2v) is 8.63. The third kappa shape index (κ3) is 6.33. The van der Waals surface area contributed by atoms with E-state index < -0.39 is 5.82 Å². The van der Waals surface area contributed by atoms with Gasteiger partial charge in [-0.25, -0.2) is 4.39 Å². The Morgan fingerprint density at radius 3 is 2.37 bits per heavy atom. The lowest BCUT2D eigenvalue weighted by Crippen LogP contribution is -2.24. The molecule has 0 bridgehead atoms. The van der Waals surface area contributed by atoms with Gasteiger partial charge in [-0.05, 0) is 47.5 Å². The molecule has 3 aromatic carbocycles. The van der Waals surface area contributed by atoms with Crippen molar-refractivity contribution in [3.05, 3.63) is 89.7 Å². The molecule has 0 saturated heterocycles. The van der Waals surface area contributed by atoms with Crippen LogP contribution in [0.4, 0.5) is 4.39 Å². The molecule has 0 radical (unpaired) electrons. The van der Waals surface area contributed by atoms with Gasteiger partial charge in [-0.2, -0.15) is 0 Å². The topological polar surface area (TPSA) is 27.7 Å². The maximum atomic E-state index is 14.1. The molecule has 0 saturated carbocycles. The molecule has 0 N–H and O–H groups in total. The van der Waals surface area contributed by atoms with Crippen LogP contribution in [0.3, 0.4) is 0 Å². The Morgan fingerprint density at radius 1 is 0.933 bits per heavy atom. The zero-order valence-electron chi connectivity index (χ0n) is 17.6. The van der Waals surface area contributed by atoms with E-state index in [1.54, 1.807) is 43.1 Å². The van der Waals surface area contributed by atoms with Crippen LogP contribution in [-0.2, 0) is 21.5 Å². The molecule has 0 fully saturated rings. The number of para-hydroxylation sites is 1. The molecule has 3 aromatic rings. The van der Waals surface area contributed by atoms with E-state index in [1.807, 2.05) is 18.2 Å². The van der Waals surface area contributed by atoms with Crippen LogP contribution in [0.5, 0.6) is 11.5 Å². The van der Waals surface area contributed by atoms with E-state index in [0.29, 0.717) is 24.9 Å². The normalized spacial score (nSPS) is 11.5. The van der Waals surface area contributed by atoms with Crippen molar-refractivity contribution in [2.24, 2.45) is 0 Å². The molecule has 0 aliphatic heterocycles.